The van der Waals surface area contributed by atoms with Crippen LogP contribution in [0.5, 0.6) is 0 Å². The molecule has 146 valence electrons. The van der Waals surface area contributed by atoms with Crippen molar-refractivity contribution in [3.63, 3.8) is 0 Å². The summed E-state index contributed by atoms with van der Waals surface area (Å²) in [6, 6.07) is 9.82. The number of unbranched alkanes of at least 4 members (excludes halogenated alkanes) is 2. The quantitative estimate of drug-likeness (QED) is 0.686. The summed E-state index contributed by atoms with van der Waals surface area (Å²) in [5.74, 6) is -0.325. The minimum Gasteiger partial charge on any atom is -0.481 e. The van der Waals surface area contributed by atoms with Crippen molar-refractivity contribution in [1.82, 2.24) is 4.90 Å². The van der Waals surface area contributed by atoms with Crippen molar-refractivity contribution in [2.24, 2.45) is 16.6 Å². The molecule has 2 aliphatic rings. The van der Waals surface area contributed by atoms with E-state index in [9.17, 15) is 9.59 Å². The van der Waals surface area contributed by atoms with Gasteiger partial charge in [0.05, 0.1) is 0 Å². The molecule has 0 radical (unpaired) electrons. The largest absolute Gasteiger partial charge is 0.481 e. The third-order valence-electron chi connectivity index (χ3n) is 5.82. The van der Waals surface area contributed by atoms with Gasteiger partial charge in [-0.2, -0.15) is 0 Å². The number of carbonyl (C=O) groups excluding carboxylic acids is 1. The van der Waals surface area contributed by atoms with Crippen LogP contribution in [0.15, 0.2) is 35.3 Å². The normalized spacial score (nSPS) is 23.5. The van der Waals surface area contributed by atoms with Crippen LogP contribution >= 0.6 is 0 Å². The zero-order chi connectivity index (χ0) is 19.3. The van der Waals surface area contributed by atoms with Crippen LogP contribution in [-0.4, -0.2) is 34.4 Å². The lowest BCUT2D eigenvalue weighted by Crippen LogP contribution is -2.47. The number of aliphatic carboxylic acids is 1. The van der Waals surface area contributed by atoms with E-state index in [2.05, 4.69) is 0 Å². The Morgan fingerprint density at radius 2 is 1.85 bits per heavy atom. The zero-order valence-corrected chi connectivity index (χ0v) is 15.8. The monoisotopic (exact) mass is 371 g/mol. The Kier molecular flexibility index (Phi) is 6.14. The number of benzene rings is 1. The van der Waals surface area contributed by atoms with Gasteiger partial charge in [-0.25, -0.2) is 4.99 Å². The molecular weight excluding hydrogens is 342 g/mol. The van der Waals surface area contributed by atoms with Crippen molar-refractivity contribution >= 4 is 17.8 Å². The molecule has 1 fully saturated rings. The highest BCUT2D eigenvalue weighted by atomic mass is 16.4. The minimum absolute atomic E-state index is 0.0173. The second-order valence-electron chi connectivity index (χ2n) is 7.60. The van der Waals surface area contributed by atoms with Crippen LogP contribution in [0.1, 0.15) is 63.4 Å². The maximum absolute atomic E-state index is 13.5. The summed E-state index contributed by atoms with van der Waals surface area (Å²) in [5, 5.41) is 8.74. The standard InChI is InChI=1S/C21H29N3O3/c22-20-23-21(16-10-4-1-5-11-16,17-12-6-2-7-13-17)19(27)24(20)15-9-3-8-14-18(25)26/h1,4-5,10-11,17H,2-3,6-9,12-15H2,(H2,22,23)(H,25,26). The molecule has 1 aromatic rings. The lowest BCUT2D eigenvalue weighted by Gasteiger charge is -2.36. The fraction of sp³-hybridized carbons (Fsp3) is 0.571. The van der Waals surface area contributed by atoms with Crippen LogP contribution in [-0.2, 0) is 15.1 Å². The number of hydrogen-bond acceptors (Lipinski definition) is 4. The topological polar surface area (TPSA) is 96.0 Å². The Bertz CT molecular complexity index is 698. The van der Waals surface area contributed by atoms with Crippen LogP contribution in [0, 0.1) is 5.92 Å². The summed E-state index contributed by atoms with van der Waals surface area (Å²) < 4.78 is 0. The number of hydrogen-bond donors (Lipinski definition) is 2. The molecule has 3 N–H and O–H groups in total. The molecule has 0 saturated heterocycles. The highest BCUT2D eigenvalue weighted by Crippen LogP contribution is 2.46. The van der Waals surface area contributed by atoms with E-state index in [4.69, 9.17) is 15.8 Å². The molecule has 6 nitrogen and oxygen atoms in total. The first-order chi connectivity index (χ1) is 13.1. The van der Waals surface area contributed by atoms with Crippen LogP contribution in [0.25, 0.3) is 0 Å². The second-order valence-corrected chi connectivity index (χ2v) is 7.60. The van der Waals surface area contributed by atoms with Gasteiger partial charge < -0.3 is 10.8 Å². The molecule has 1 saturated carbocycles. The molecule has 0 bridgehead atoms. The summed E-state index contributed by atoms with van der Waals surface area (Å²) in [6.07, 6.45) is 7.69. The molecule has 3 rings (SSSR count). The minimum atomic E-state index is -0.896. The summed E-state index contributed by atoms with van der Waals surface area (Å²) >= 11 is 0. The highest BCUT2D eigenvalue weighted by molar-refractivity contribution is 6.07. The Hall–Kier alpha value is -2.37. The highest BCUT2D eigenvalue weighted by Gasteiger charge is 2.53. The molecule has 1 aliphatic carbocycles. The van der Waals surface area contributed by atoms with Crippen molar-refractivity contribution in [2.75, 3.05) is 6.54 Å². The average Bonchev–Trinajstić information content (AvgIpc) is 2.94. The Morgan fingerprint density at radius 3 is 2.52 bits per heavy atom. The van der Waals surface area contributed by atoms with E-state index in [-0.39, 0.29) is 18.2 Å². The van der Waals surface area contributed by atoms with Gasteiger partial charge in [0.1, 0.15) is 0 Å². The van der Waals surface area contributed by atoms with Crippen molar-refractivity contribution in [1.29, 1.82) is 0 Å². The first-order valence-corrected chi connectivity index (χ1v) is 10.0. The molecule has 1 aromatic carbocycles. The van der Waals surface area contributed by atoms with Gasteiger partial charge in [0.2, 0.25) is 0 Å². The number of nitrogens with two attached hydrogens (primary N) is 1. The van der Waals surface area contributed by atoms with E-state index in [1.54, 1.807) is 4.90 Å². The fourth-order valence-corrected chi connectivity index (χ4v) is 4.44. The van der Waals surface area contributed by atoms with Crippen LogP contribution in [0.2, 0.25) is 0 Å². The lowest BCUT2D eigenvalue weighted by molar-refractivity contribution is -0.137. The van der Waals surface area contributed by atoms with Gasteiger partial charge in [-0.1, -0.05) is 56.0 Å². The number of carbonyl (C=O) groups is 2. The maximum Gasteiger partial charge on any atom is 0.303 e. The Balaban J connectivity index is 1.78. The van der Waals surface area contributed by atoms with Gasteiger partial charge in [0.25, 0.3) is 5.91 Å². The smallest absolute Gasteiger partial charge is 0.303 e. The average molecular weight is 371 g/mol. The Morgan fingerprint density at radius 1 is 1.15 bits per heavy atom. The molecule has 0 spiro atoms. The van der Waals surface area contributed by atoms with Crippen molar-refractivity contribution in [2.45, 2.75) is 63.3 Å². The number of amides is 1. The van der Waals surface area contributed by atoms with Crippen LogP contribution < -0.4 is 5.73 Å². The third-order valence-corrected chi connectivity index (χ3v) is 5.82. The molecule has 1 amide bonds. The van der Waals surface area contributed by atoms with E-state index < -0.39 is 11.5 Å². The van der Waals surface area contributed by atoms with E-state index in [1.165, 1.54) is 6.42 Å². The number of aliphatic imine (C=N–C) groups is 1. The van der Waals surface area contributed by atoms with Gasteiger partial charge in [0, 0.05) is 13.0 Å². The van der Waals surface area contributed by atoms with E-state index in [0.717, 1.165) is 44.1 Å². The zero-order valence-electron chi connectivity index (χ0n) is 15.8. The molecule has 27 heavy (non-hydrogen) atoms. The predicted molar refractivity (Wildman–Crippen MR) is 104 cm³/mol. The SMILES string of the molecule is NC1=NC(c2ccccc2)(C2CCCCC2)C(=O)N1CCCCCC(=O)O. The Labute approximate surface area is 160 Å². The van der Waals surface area contributed by atoms with Crippen molar-refractivity contribution in [3.8, 4) is 0 Å². The summed E-state index contributed by atoms with van der Waals surface area (Å²) in [5.41, 5.74) is 6.25. The van der Waals surface area contributed by atoms with Gasteiger partial charge in [0.15, 0.2) is 11.5 Å². The maximum atomic E-state index is 13.5. The molecule has 1 atom stereocenters. The van der Waals surface area contributed by atoms with Gasteiger partial charge in [-0.05, 0) is 37.2 Å². The van der Waals surface area contributed by atoms with Crippen molar-refractivity contribution in [3.05, 3.63) is 35.9 Å². The second kappa shape index (κ2) is 8.55. The number of carboxylic acid groups (broad SMARTS) is 1. The van der Waals surface area contributed by atoms with Crippen molar-refractivity contribution < 1.29 is 14.7 Å². The molecule has 1 unspecified atom stereocenters. The number of rotatable bonds is 8. The molecular formula is C21H29N3O3. The number of guanidine groups is 1. The predicted octanol–water partition coefficient (Wildman–Crippen LogP) is 3.26. The van der Waals surface area contributed by atoms with E-state index >= 15 is 0 Å². The molecule has 1 aliphatic heterocycles. The fourth-order valence-electron chi connectivity index (χ4n) is 4.44. The van der Waals surface area contributed by atoms with E-state index in [0.29, 0.717) is 18.9 Å². The van der Waals surface area contributed by atoms with Crippen LogP contribution in [0.4, 0.5) is 0 Å². The third kappa shape index (κ3) is 3.99. The summed E-state index contributed by atoms with van der Waals surface area (Å²) in [4.78, 5) is 30.6. The lowest BCUT2D eigenvalue weighted by atomic mass is 9.71. The van der Waals surface area contributed by atoms with Crippen LogP contribution in [0.3, 0.4) is 0 Å². The first kappa shape index (κ1) is 19.4. The van der Waals surface area contributed by atoms with Gasteiger partial charge in [-0.3, -0.25) is 14.5 Å². The summed E-state index contributed by atoms with van der Waals surface area (Å²) in [7, 11) is 0. The van der Waals surface area contributed by atoms with E-state index in [1.807, 2.05) is 30.3 Å². The molecule has 0 aromatic heterocycles. The number of carboxylic acids is 1. The first-order valence-electron chi connectivity index (χ1n) is 10.0. The molecule has 6 heteroatoms. The molecule has 1 heterocycles. The number of nitrogens with zero attached hydrogens (tertiary/aromatic N) is 2. The summed E-state index contributed by atoms with van der Waals surface area (Å²) in [6.45, 7) is 0.495. The van der Waals surface area contributed by atoms with Gasteiger partial charge >= 0.3 is 5.97 Å². The van der Waals surface area contributed by atoms with Gasteiger partial charge in [-0.15, -0.1) is 0 Å².